The minimum atomic E-state index is -0.00882. The largest absolute Gasteiger partial charge is 0.400 e. The topological polar surface area (TPSA) is 49.7 Å². The minimum Gasteiger partial charge on any atom is -0.400 e. The van der Waals surface area contributed by atoms with Gasteiger partial charge in [-0.05, 0) is 123 Å². The van der Waals surface area contributed by atoms with Crippen LogP contribution in [0.3, 0.4) is 0 Å². The average molecular weight is 479 g/mol. The summed E-state index contributed by atoms with van der Waals surface area (Å²) in [6.07, 6.45) is 20.8. The molecule has 0 aromatic rings. The number of hydrogen-bond acceptors (Lipinski definition) is 3. The highest BCUT2D eigenvalue weighted by atomic mass is 16.5. The zero-order valence-electron chi connectivity index (χ0n) is 23.4. The molecule has 4 saturated carbocycles. The van der Waals surface area contributed by atoms with E-state index < -0.39 is 0 Å². The van der Waals surface area contributed by atoms with Gasteiger partial charge in [-0.1, -0.05) is 47.0 Å². The molecule has 8 atom stereocenters. The first-order chi connectivity index (χ1) is 16.5. The maximum atomic E-state index is 10.3. The second kappa shape index (κ2) is 12.9. The lowest BCUT2D eigenvalue weighted by Crippen LogP contribution is -2.53. The first-order valence-corrected chi connectivity index (χ1v) is 15.2. The van der Waals surface area contributed by atoms with Crippen LogP contribution in [0, 0.1) is 46.3 Å². The second-order valence-corrected chi connectivity index (χ2v) is 12.7. The first kappa shape index (κ1) is 28.5. The van der Waals surface area contributed by atoms with Crippen molar-refractivity contribution in [3.8, 4) is 0 Å². The van der Waals surface area contributed by atoms with Crippen LogP contribution in [0.4, 0.5) is 0 Å². The van der Waals surface area contributed by atoms with Crippen LogP contribution in [-0.4, -0.2) is 36.6 Å². The quantitative estimate of drug-likeness (QED) is 0.399. The number of fused-ring (bicyclic) bond motifs is 5. The maximum absolute atomic E-state index is 10.3. The first-order valence-electron chi connectivity index (χ1n) is 15.2. The van der Waals surface area contributed by atoms with Crippen molar-refractivity contribution in [2.45, 2.75) is 130 Å². The van der Waals surface area contributed by atoms with E-state index in [9.17, 15) is 5.11 Å². The Morgan fingerprint density at radius 2 is 1.38 bits per heavy atom. The van der Waals surface area contributed by atoms with E-state index in [-0.39, 0.29) is 6.10 Å². The lowest BCUT2D eigenvalue weighted by molar-refractivity contribution is -0.127. The van der Waals surface area contributed by atoms with Crippen molar-refractivity contribution < 1.29 is 14.9 Å². The summed E-state index contributed by atoms with van der Waals surface area (Å²) in [6.45, 7) is 11.4. The molecular formula is C31H58O3. The van der Waals surface area contributed by atoms with Crippen LogP contribution < -0.4 is 0 Å². The van der Waals surface area contributed by atoms with E-state index in [2.05, 4.69) is 13.8 Å². The zero-order valence-corrected chi connectivity index (χ0v) is 23.4. The van der Waals surface area contributed by atoms with Gasteiger partial charge in [-0.15, -0.1) is 0 Å². The van der Waals surface area contributed by atoms with Gasteiger partial charge in [0.1, 0.15) is 0 Å². The third-order valence-corrected chi connectivity index (χ3v) is 11.6. The molecule has 2 N–H and O–H groups in total. The minimum absolute atomic E-state index is 0.00882. The van der Waals surface area contributed by atoms with Gasteiger partial charge >= 0.3 is 0 Å². The van der Waals surface area contributed by atoms with Crippen molar-refractivity contribution in [3.63, 3.8) is 0 Å². The lowest BCUT2D eigenvalue weighted by atomic mass is 9.44. The standard InChI is InChI=1S/C28H48O2.C2H6.CH4O/c1-27-16-12-26-24(9-7-22-19-23(29)11-15-28(22,26)2)25(27)10-8-21(27)6-4-3-5-20-13-17-30-18-14-20;2*1-2/h20-26,29H,3-19H2,1-2H3;1-2H3;2H,1H3. The fourth-order valence-electron chi connectivity index (χ4n) is 9.68. The van der Waals surface area contributed by atoms with Crippen LogP contribution in [0.5, 0.6) is 0 Å². The molecule has 8 unspecified atom stereocenters. The van der Waals surface area contributed by atoms with Crippen molar-refractivity contribution in [1.82, 2.24) is 0 Å². The van der Waals surface area contributed by atoms with Gasteiger partial charge in [0.05, 0.1) is 6.10 Å². The van der Waals surface area contributed by atoms with E-state index in [1.807, 2.05) is 13.8 Å². The predicted octanol–water partition coefficient (Wildman–Crippen LogP) is 7.63. The molecule has 1 heterocycles. The van der Waals surface area contributed by atoms with E-state index in [0.29, 0.717) is 10.8 Å². The summed E-state index contributed by atoms with van der Waals surface area (Å²) in [7, 11) is 1.00. The van der Waals surface area contributed by atoms with E-state index in [4.69, 9.17) is 9.84 Å². The Morgan fingerprint density at radius 1 is 0.735 bits per heavy atom. The van der Waals surface area contributed by atoms with Gasteiger partial charge in [-0.25, -0.2) is 0 Å². The molecule has 200 valence electrons. The molecule has 5 fully saturated rings. The van der Waals surface area contributed by atoms with Crippen molar-refractivity contribution >= 4 is 0 Å². The van der Waals surface area contributed by atoms with Crippen molar-refractivity contribution in [2.24, 2.45) is 46.3 Å². The summed E-state index contributed by atoms with van der Waals surface area (Å²) in [5, 5.41) is 17.3. The smallest absolute Gasteiger partial charge is 0.0543 e. The molecule has 3 nitrogen and oxygen atoms in total. The maximum Gasteiger partial charge on any atom is 0.0543 e. The number of hydrogen-bond donors (Lipinski definition) is 2. The molecule has 0 spiro atoms. The van der Waals surface area contributed by atoms with Gasteiger partial charge in [0, 0.05) is 20.3 Å². The zero-order chi connectivity index (χ0) is 24.8. The van der Waals surface area contributed by atoms with Gasteiger partial charge in [0.25, 0.3) is 0 Å². The van der Waals surface area contributed by atoms with E-state index >= 15 is 0 Å². The van der Waals surface area contributed by atoms with Crippen molar-refractivity contribution in [3.05, 3.63) is 0 Å². The molecule has 5 rings (SSSR count). The molecule has 0 radical (unpaired) electrons. The van der Waals surface area contributed by atoms with Crippen LogP contribution in [-0.2, 0) is 4.74 Å². The molecule has 0 bridgehead atoms. The van der Waals surface area contributed by atoms with Crippen LogP contribution >= 0.6 is 0 Å². The second-order valence-electron chi connectivity index (χ2n) is 12.7. The lowest BCUT2D eigenvalue weighted by Gasteiger charge is -2.61. The summed E-state index contributed by atoms with van der Waals surface area (Å²) < 4.78 is 5.54. The number of unbranched alkanes of at least 4 members (excludes halogenated alkanes) is 1. The molecule has 3 heteroatoms. The van der Waals surface area contributed by atoms with Crippen molar-refractivity contribution in [1.29, 1.82) is 0 Å². The van der Waals surface area contributed by atoms with Crippen LogP contribution in [0.15, 0.2) is 0 Å². The molecule has 4 aliphatic carbocycles. The van der Waals surface area contributed by atoms with Crippen LogP contribution in [0.2, 0.25) is 0 Å². The highest BCUT2D eigenvalue weighted by Crippen LogP contribution is 2.67. The van der Waals surface area contributed by atoms with Gasteiger partial charge in [-0.3, -0.25) is 0 Å². The summed E-state index contributed by atoms with van der Waals surface area (Å²) in [6, 6.07) is 0. The Labute approximate surface area is 211 Å². The highest BCUT2D eigenvalue weighted by molar-refractivity contribution is 5.09. The highest BCUT2D eigenvalue weighted by Gasteiger charge is 2.59. The summed E-state index contributed by atoms with van der Waals surface area (Å²) in [5.41, 5.74) is 1.17. The van der Waals surface area contributed by atoms with Gasteiger partial charge in [0.15, 0.2) is 0 Å². The Bertz CT molecular complexity index is 587. The summed E-state index contributed by atoms with van der Waals surface area (Å²) in [5.74, 6) is 5.69. The Hall–Kier alpha value is -0.120. The molecule has 1 saturated heterocycles. The van der Waals surface area contributed by atoms with Gasteiger partial charge in [0.2, 0.25) is 0 Å². The average Bonchev–Trinajstić information content (AvgIpc) is 3.21. The summed E-state index contributed by atoms with van der Waals surface area (Å²) >= 11 is 0. The Kier molecular flexibility index (Phi) is 10.8. The SMILES string of the molecule is CC.CC12CCC3C(CCC4CC(O)CCC43C)C1CCC2CCCCC1CCOCC1.CO. The van der Waals surface area contributed by atoms with E-state index in [0.717, 1.165) is 68.7 Å². The monoisotopic (exact) mass is 478 g/mol. The molecule has 5 aliphatic rings. The predicted molar refractivity (Wildman–Crippen MR) is 143 cm³/mol. The number of rotatable bonds is 5. The van der Waals surface area contributed by atoms with Crippen LogP contribution in [0.1, 0.15) is 124 Å². The molecule has 1 aliphatic heterocycles. The van der Waals surface area contributed by atoms with Gasteiger partial charge < -0.3 is 14.9 Å². The summed E-state index contributed by atoms with van der Waals surface area (Å²) in [4.78, 5) is 0. The fraction of sp³-hybridized carbons (Fsp3) is 1.00. The molecule has 0 aromatic heterocycles. The normalized spacial score (nSPS) is 43.9. The molecular weight excluding hydrogens is 420 g/mol. The number of ether oxygens (including phenoxy) is 1. The van der Waals surface area contributed by atoms with Crippen molar-refractivity contribution in [2.75, 3.05) is 20.3 Å². The molecule has 0 amide bonds. The molecule has 0 aromatic carbocycles. The molecule has 34 heavy (non-hydrogen) atoms. The number of aliphatic hydroxyl groups excluding tert-OH is 2. The Morgan fingerprint density at radius 3 is 2.12 bits per heavy atom. The van der Waals surface area contributed by atoms with Gasteiger partial charge in [-0.2, -0.15) is 0 Å². The van der Waals surface area contributed by atoms with E-state index in [1.165, 1.54) is 83.5 Å². The third-order valence-electron chi connectivity index (χ3n) is 11.6. The third kappa shape index (κ3) is 5.72. The fourth-order valence-corrected chi connectivity index (χ4v) is 9.68. The van der Waals surface area contributed by atoms with E-state index in [1.54, 1.807) is 0 Å². The van der Waals surface area contributed by atoms with Crippen LogP contribution in [0.25, 0.3) is 0 Å². The number of aliphatic hydroxyl groups is 2. The Balaban J connectivity index is 0.000000771.